The third-order valence-electron chi connectivity index (χ3n) is 4.48. The number of aromatic carboxylic acids is 1. The normalized spacial score (nSPS) is 22.6. The lowest BCUT2D eigenvalue weighted by atomic mass is 9.79. The Morgan fingerprint density at radius 2 is 2.05 bits per heavy atom. The minimum Gasteiger partial charge on any atom is -0.478 e. The van der Waals surface area contributed by atoms with Gasteiger partial charge < -0.3 is 10.0 Å². The fraction of sp³-hybridized carbons (Fsp3) is 0.533. The Kier molecular flexibility index (Phi) is 3.42. The molecule has 1 unspecified atom stereocenters. The van der Waals surface area contributed by atoms with Crippen LogP contribution in [0.4, 0.5) is 0 Å². The fourth-order valence-corrected chi connectivity index (χ4v) is 3.19. The van der Waals surface area contributed by atoms with E-state index in [2.05, 4.69) is 4.98 Å². The summed E-state index contributed by atoms with van der Waals surface area (Å²) in [7, 11) is 0. The van der Waals surface area contributed by atoms with Gasteiger partial charge in [0.25, 0.3) is 5.91 Å². The van der Waals surface area contributed by atoms with E-state index >= 15 is 0 Å². The number of rotatable bonds is 3. The smallest absolute Gasteiger partial charge is 0.335 e. The van der Waals surface area contributed by atoms with Gasteiger partial charge >= 0.3 is 5.97 Å². The molecule has 2 fully saturated rings. The number of likely N-dealkylation sites (tertiary alicyclic amines) is 1. The summed E-state index contributed by atoms with van der Waals surface area (Å²) in [6.07, 6.45) is 7.16. The van der Waals surface area contributed by atoms with Crippen LogP contribution in [0, 0.1) is 5.92 Å². The number of carbonyl (C=O) groups is 2. The molecular formula is C15H18N2O3. The average Bonchev–Trinajstić information content (AvgIpc) is 2.85. The molecule has 1 aromatic heterocycles. The van der Waals surface area contributed by atoms with Crippen LogP contribution in [0.25, 0.3) is 0 Å². The van der Waals surface area contributed by atoms with Crippen molar-refractivity contribution in [3.8, 4) is 0 Å². The Bertz CT molecular complexity index is 540. The molecule has 1 saturated carbocycles. The molecule has 1 N–H and O–H groups in total. The van der Waals surface area contributed by atoms with Gasteiger partial charge in [0.2, 0.25) is 0 Å². The van der Waals surface area contributed by atoms with E-state index in [1.165, 1.54) is 37.6 Å². The maximum absolute atomic E-state index is 12.5. The van der Waals surface area contributed by atoms with E-state index in [1.54, 1.807) is 0 Å². The topological polar surface area (TPSA) is 70.5 Å². The predicted octanol–water partition coefficient (Wildman–Crippen LogP) is 2.18. The molecule has 0 bridgehead atoms. The van der Waals surface area contributed by atoms with Gasteiger partial charge in [-0.25, -0.2) is 4.79 Å². The third kappa shape index (κ3) is 2.28. The highest BCUT2D eigenvalue weighted by molar-refractivity contribution is 5.96. The van der Waals surface area contributed by atoms with E-state index in [-0.39, 0.29) is 17.2 Å². The molecule has 0 spiro atoms. The standard InChI is InChI=1S/C15H18N2O3/c18-14(12-9-11(15(19)20)6-7-16-12)17-8-2-5-13(17)10-3-1-4-10/h6-7,9-10,13H,1-5,8H2,(H,19,20). The summed E-state index contributed by atoms with van der Waals surface area (Å²) in [6.45, 7) is 0.763. The lowest BCUT2D eigenvalue weighted by molar-refractivity contribution is 0.0620. The summed E-state index contributed by atoms with van der Waals surface area (Å²) in [5.74, 6) is -0.523. The first-order valence-electron chi connectivity index (χ1n) is 7.17. The molecule has 1 amide bonds. The molecule has 0 aromatic carbocycles. The Morgan fingerprint density at radius 3 is 2.70 bits per heavy atom. The zero-order valence-corrected chi connectivity index (χ0v) is 11.3. The summed E-state index contributed by atoms with van der Waals surface area (Å²) in [4.78, 5) is 29.5. The van der Waals surface area contributed by atoms with Crippen LogP contribution in [0.5, 0.6) is 0 Å². The van der Waals surface area contributed by atoms with Gasteiger partial charge in [-0.05, 0) is 43.7 Å². The van der Waals surface area contributed by atoms with Crippen molar-refractivity contribution in [2.24, 2.45) is 5.92 Å². The number of carboxylic acids is 1. The number of carboxylic acid groups (broad SMARTS) is 1. The molecule has 2 aliphatic rings. The zero-order chi connectivity index (χ0) is 14.1. The molecule has 5 heteroatoms. The van der Waals surface area contributed by atoms with Crippen LogP contribution < -0.4 is 0 Å². The number of amides is 1. The molecule has 1 saturated heterocycles. The highest BCUT2D eigenvalue weighted by Crippen LogP contribution is 2.37. The predicted molar refractivity (Wildman–Crippen MR) is 72.6 cm³/mol. The summed E-state index contributed by atoms with van der Waals surface area (Å²) in [5, 5.41) is 8.99. The van der Waals surface area contributed by atoms with Crippen molar-refractivity contribution in [1.29, 1.82) is 0 Å². The van der Waals surface area contributed by atoms with Crippen LogP contribution in [-0.4, -0.2) is 39.5 Å². The monoisotopic (exact) mass is 274 g/mol. The summed E-state index contributed by atoms with van der Waals surface area (Å²) in [5.41, 5.74) is 0.360. The minimum atomic E-state index is -1.03. The summed E-state index contributed by atoms with van der Waals surface area (Å²) >= 11 is 0. The first-order valence-corrected chi connectivity index (χ1v) is 7.17. The molecule has 3 rings (SSSR count). The lowest BCUT2D eigenvalue weighted by Crippen LogP contribution is -2.42. The van der Waals surface area contributed by atoms with Crippen molar-refractivity contribution < 1.29 is 14.7 Å². The largest absolute Gasteiger partial charge is 0.478 e. The average molecular weight is 274 g/mol. The second kappa shape index (κ2) is 5.23. The molecule has 1 aliphatic heterocycles. The molecule has 20 heavy (non-hydrogen) atoms. The molecule has 106 valence electrons. The Hall–Kier alpha value is -1.91. The van der Waals surface area contributed by atoms with E-state index in [0.717, 1.165) is 19.4 Å². The first kappa shape index (κ1) is 13.1. The van der Waals surface area contributed by atoms with E-state index in [4.69, 9.17) is 5.11 Å². The van der Waals surface area contributed by atoms with Gasteiger partial charge in [-0.3, -0.25) is 9.78 Å². The Balaban J connectivity index is 1.80. The van der Waals surface area contributed by atoms with Gasteiger partial charge in [0.05, 0.1) is 5.56 Å². The van der Waals surface area contributed by atoms with Gasteiger partial charge in [0.15, 0.2) is 0 Å². The van der Waals surface area contributed by atoms with Gasteiger partial charge in [-0.15, -0.1) is 0 Å². The molecule has 1 aliphatic carbocycles. The molecule has 1 aromatic rings. The van der Waals surface area contributed by atoms with Crippen molar-refractivity contribution in [3.05, 3.63) is 29.6 Å². The highest BCUT2D eigenvalue weighted by atomic mass is 16.4. The lowest BCUT2D eigenvalue weighted by Gasteiger charge is -2.36. The van der Waals surface area contributed by atoms with E-state index in [1.807, 2.05) is 4.90 Å². The van der Waals surface area contributed by atoms with Crippen LogP contribution >= 0.6 is 0 Å². The van der Waals surface area contributed by atoms with E-state index < -0.39 is 5.97 Å². The Labute approximate surface area is 117 Å². The number of hydrogen-bond acceptors (Lipinski definition) is 3. The SMILES string of the molecule is O=C(O)c1ccnc(C(=O)N2CCCC2C2CCC2)c1. The van der Waals surface area contributed by atoms with E-state index in [9.17, 15) is 9.59 Å². The maximum Gasteiger partial charge on any atom is 0.335 e. The number of pyridine rings is 1. The van der Waals surface area contributed by atoms with Gasteiger partial charge in [0, 0.05) is 18.8 Å². The maximum atomic E-state index is 12.5. The van der Waals surface area contributed by atoms with Gasteiger partial charge in [0.1, 0.15) is 5.69 Å². The zero-order valence-electron chi connectivity index (χ0n) is 11.3. The number of hydrogen-bond donors (Lipinski definition) is 1. The van der Waals surface area contributed by atoms with Crippen LogP contribution in [-0.2, 0) is 0 Å². The fourth-order valence-electron chi connectivity index (χ4n) is 3.19. The summed E-state index contributed by atoms with van der Waals surface area (Å²) in [6, 6.07) is 3.11. The number of carbonyl (C=O) groups excluding carboxylic acids is 1. The molecular weight excluding hydrogens is 256 g/mol. The molecule has 0 radical (unpaired) electrons. The van der Waals surface area contributed by atoms with Crippen LogP contribution in [0.3, 0.4) is 0 Å². The number of aromatic nitrogens is 1. The third-order valence-corrected chi connectivity index (χ3v) is 4.48. The second-order valence-electron chi connectivity index (χ2n) is 5.63. The second-order valence-corrected chi connectivity index (χ2v) is 5.63. The van der Waals surface area contributed by atoms with Gasteiger partial charge in [-0.1, -0.05) is 6.42 Å². The van der Waals surface area contributed by atoms with Crippen LogP contribution in [0.1, 0.15) is 53.0 Å². The van der Waals surface area contributed by atoms with Crippen molar-refractivity contribution >= 4 is 11.9 Å². The first-order chi connectivity index (χ1) is 9.66. The highest BCUT2D eigenvalue weighted by Gasteiger charge is 2.37. The molecule has 1 atom stereocenters. The quantitative estimate of drug-likeness (QED) is 0.917. The van der Waals surface area contributed by atoms with Crippen molar-refractivity contribution in [3.63, 3.8) is 0 Å². The van der Waals surface area contributed by atoms with Gasteiger partial charge in [-0.2, -0.15) is 0 Å². The van der Waals surface area contributed by atoms with Crippen molar-refractivity contribution in [1.82, 2.24) is 9.88 Å². The number of nitrogens with zero attached hydrogens (tertiary/aromatic N) is 2. The molecule has 5 nitrogen and oxygen atoms in total. The summed E-state index contributed by atoms with van der Waals surface area (Å²) < 4.78 is 0. The minimum absolute atomic E-state index is 0.114. The Morgan fingerprint density at radius 1 is 1.25 bits per heavy atom. The van der Waals surface area contributed by atoms with Crippen LogP contribution in [0.2, 0.25) is 0 Å². The van der Waals surface area contributed by atoms with Crippen molar-refractivity contribution in [2.45, 2.75) is 38.1 Å². The molecule has 2 heterocycles. The van der Waals surface area contributed by atoms with E-state index in [0.29, 0.717) is 12.0 Å². The van der Waals surface area contributed by atoms with Crippen molar-refractivity contribution in [2.75, 3.05) is 6.54 Å². The van der Waals surface area contributed by atoms with Crippen LogP contribution in [0.15, 0.2) is 18.3 Å².